The Hall–Kier alpha value is -3.79. The average molecular weight is 437 g/mol. The lowest BCUT2D eigenvalue weighted by Crippen LogP contribution is -2.43. The maximum Gasteiger partial charge on any atom is 0.354 e. The molecule has 0 atom stereocenters. The molecule has 0 aliphatic heterocycles. The highest BCUT2D eigenvalue weighted by molar-refractivity contribution is 7.22. The second-order valence-electron chi connectivity index (χ2n) is 6.98. The van der Waals surface area contributed by atoms with Crippen LogP contribution in [0.1, 0.15) is 17.5 Å². The molecule has 0 unspecified atom stereocenters. The van der Waals surface area contributed by atoms with E-state index >= 15 is 0 Å². The molecule has 0 bridgehead atoms. The predicted molar refractivity (Wildman–Crippen MR) is 118 cm³/mol. The monoisotopic (exact) mass is 437 g/mol. The van der Waals surface area contributed by atoms with Gasteiger partial charge in [-0.15, -0.1) is 0 Å². The number of carbonyl (C=O) groups is 1. The molecular formula is C21H19N5O4S. The van der Waals surface area contributed by atoms with Gasteiger partial charge in [-0.2, -0.15) is 4.98 Å². The first kappa shape index (κ1) is 20.5. The van der Waals surface area contributed by atoms with Crippen molar-refractivity contribution in [3.05, 3.63) is 80.6 Å². The number of aliphatic carboxylic acids is 1. The minimum absolute atomic E-state index is 0.0567. The van der Waals surface area contributed by atoms with Crippen molar-refractivity contribution in [1.29, 1.82) is 0 Å². The molecule has 158 valence electrons. The van der Waals surface area contributed by atoms with E-state index in [1.807, 2.05) is 55.5 Å². The second-order valence-corrected chi connectivity index (χ2v) is 8.01. The number of hydrogen-bond acceptors (Lipinski definition) is 7. The summed E-state index contributed by atoms with van der Waals surface area (Å²) in [6, 6.07) is 15.2. The first-order valence-electron chi connectivity index (χ1n) is 9.52. The molecule has 2 aromatic carbocycles. The number of thiazole rings is 1. The molecule has 0 amide bonds. The Kier molecular flexibility index (Phi) is 5.63. The Morgan fingerprint density at radius 1 is 1.06 bits per heavy atom. The summed E-state index contributed by atoms with van der Waals surface area (Å²) >= 11 is 1.38. The lowest BCUT2D eigenvalue weighted by Gasteiger charge is -2.14. The van der Waals surface area contributed by atoms with E-state index in [1.165, 1.54) is 15.9 Å². The third-order valence-corrected chi connectivity index (χ3v) is 5.62. The number of aromatic nitrogens is 4. The van der Waals surface area contributed by atoms with Crippen LogP contribution in [0.5, 0.6) is 0 Å². The van der Waals surface area contributed by atoms with Gasteiger partial charge in [-0.05, 0) is 24.6 Å². The van der Waals surface area contributed by atoms with Crippen molar-refractivity contribution in [2.45, 2.75) is 26.4 Å². The van der Waals surface area contributed by atoms with Crippen LogP contribution in [0.15, 0.2) is 58.1 Å². The van der Waals surface area contributed by atoms with Gasteiger partial charge in [-0.1, -0.05) is 53.3 Å². The van der Waals surface area contributed by atoms with E-state index in [-0.39, 0.29) is 25.5 Å². The van der Waals surface area contributed by atoms with Crippen molar-refractivity contribution >= 4 is 38.6 Å². The SMILES string of the molecule is Cc1ccc(Cn2c(Nc3nc4ccccc4s3)nc(=O)n(CCC(=O)O)c2=O)cc1. The molecule has 0 spiro atoms. The van der Waals surface area contributed by atoms with E-state index in [1.54, 1.807) is 0 Å². The number of hydrogen-bond donors (Lipinski definition) is 2. The number of fused-ring (bicyclic) bond motifs is 1. The number of anilines is 2. The zero-order chi connectivity index (χ0) is 22.0. The van der Waals surface area contributed by atoms with Crippen molar-refractivity contribution in [3.63, 3.8) is 0 Å². The fourth-order valence-electron chi connectivity index (χ4n) is 3.06. The minimum Gasteiger partial charge on any atom is -0.481 e. The van der Waals surface area contributed by atoms with E-state index in [2.05, 4.69) is 15.3 Å². The number of carboxylic acids is 1. The van der Waals surface area contributed by atoms with Crippen LogP contribution < -0.4 is 16.7 Å². The van der Waals surface area contributed by atoms with Crippen molar-refractivity contribution in [1.82, 2.24) is 19.1 Å². The summed E-state index contributed by atoms with van der Waals surface area (Å²) in [5.74, 6) is -1.05. The summed E-state index contributed by atoms with van der Waals surface area (Å²) in [5, 5.41) is 12.4. The maximum atomic E-state index is 13.1. The number of benzene rings is 2. The normalized spacial score (nSPS) is 11.0. The summed E-state index contributed by atoms with van der Waals surface area (Å²) in [6.07, 6.45) is -0.355. The Morgan fingerprint density at radius 2 is 1.81 bits per heavy atom. The molecule has 0 aliphatic rings. The quantitative estimate of drug-likeness (QED) is 0.456. The fraction of sp³-hybridized carbons (Fsp3) is 0.190. The second kappa shape index (κ2) is 8.52. The molecule has 9 nitrogen and oxygen atoms in total. The largest absolute Gasteiger partial charge is 0.481 e. The Morgan fingerprint density at radius 3 is 2.52 bits per heavy atom. The van der Waals surface area contributed by atoms with Gasteiger partial charge in [0.2, 0.25) is 5.95 Å². The molecule has 2 aromatic heterocycles. The van der Waals surface area contributed by atoms with Gasteiger partial charge >= 0.3 is 17.3 Å². The zero-order valence-corrected chi connectivity index (χ0v) is 17.4. The molecule has 0 radical (unpaired) electrons. The zero-order valence-electron chi connectivity index (χ0n) is 16.6. The van der Waals surface area contributed by atoms with Crippen LogP contribution in [0.25, 0.3) is 10.2 Å². The van der Waals surface area contributed by atoms with E-state index in [0.717, 1.165) is 25.9 Å². The Balaban J connectivity index is 1.77. The molecule has 2 heterocycles. The van der Waals surface area contributed by atoms with Crippen molar-refractivity contribution in [2.75, 3.05) is 5.32 Å². The first-order chi connectivity index (χ1) is 14.9. The number of carboxylic acid groups (broad SMARTS) is 1. The van der Waals surface area contributed by atoms with Gasteiger partial charge in [0.05, 0.1) is 23.2 Å². The van der Waals surface area contributed by atoms with Crippen molar-refractivity contribution in [2.24, 2.45) is 0 Å². The molecule has 4 rings (SSSR count). The van der Waals surface area contributed by atoms with Crippen LogP contribution in [0.3, 0.4) is 0 Å². The van der Waals surface area contributed by atoms with Crippen molar-refractivity contribution in [3.8, 4) is 0 Å². The lowest BCUT2D eigenvalue weighted by atomic mass is 10.1. The average Bonchev–Trinajstić information content (AvgIpc) is 3.14. The summed E-state index contributed by atoms with van der Waals surface area (Å²) in [7, 11) is 0. The fourth-order valence-corrected chi connectivity index (χ4v) is 3.92. The Labute approximate surface area is 180 Å². The summed E-state index contributed by atoms with van der Waals surface area (Å²) in [4.78, 5) is 45.0. The van der Waals surface area contributed by atoms with Gasteiger partial charge in [0.1, 0.15) is 0 Å². The molecular weight excluding hydrogens is 418 g/mol. The number of nitrogens with zero attached hydrogens (tertiary/aromatic N) is 4. The number of nitrogens with one attached hydrogen (secondary N) is 1. The van der Waals surface area contributed by atoms with E-state index in [0.29, 0.717) is 5.13 Å². The molecule has 10 heteroatoms. The standard InChI is InChI=1S/C21H19N5O4S/c1-13-6-8-14(9-7-13)12-26-18(23-19-22-15-4-2-3-5-16(15)31-19)24-20(29)25(21(26)30)11-10-17(27)28/h2-9H,10-12H2,1H3,(H,27,28)(H,22,23,24,29). The van der Waals surface area contributed by atoms with Crippen LogP contribution in [0.2, 0.25) is 0 Å². The van der Waals surface area contributed by atoms with Gasteiger partial charge in [0.25, 0.3) is 0 Å². The van der Waals surface area contributed by atoms with Crippen LogP contribution in [-0.2, 0) is 17.9 Å². The van der Waals surface area contributed by atoms with Crippen molar-refractivity contribution < 1.29 is 9.90 Å². The van der Waals surface area contributed by atoms with Crippen LogP contribution in [0, 0.1) is 6.92 Å². The Bertz CT molecular complexity index is 1340. The van der Waals surface area contributed by atoms with E-state index in [4.69, 9.17) is 5.11 Å². The smallest absolute Gasteiger partial charge is 0.354 e. The third kappa shape index (κ3) is 4.53. The van der Waals surface area contributed by atoms with Gasteiger partial charge < -0.3 is 10.4 Å². The predicted octanol–water partition coefficient (Wildman–Crippen LogP) is 2.59. The molecule has 2 N–H and O–H groups in total. The maximum absolute atomic E-state index is 13.1. The highest BCUT2D eigenvalue weighted by atomic mass is 32.1. The summed E-state index contributed by atoms with van der Waals surface area (Å²) in [5.41, 5.74) is 1.26. The first-order valence-corrected chi connectivity index (χ1v) is 10.3. The molecule has 0 aliphatic carbocycles. The molecule has 31 heavy (non-hydrogen) atoms. The lowest BCUT2D eigenvalue weighted by molar-refractivity contribution is -0.137. The number of para-hydroxylation sites is 1. The number of aryl methyl sites for hydroxylation is 1. The molecule has 0 fully saturated rings. The summed E-state index contributed by atoms with van der Waals surface area (Å²) < 4.78 is 3.11. The highest BCUT2D eigenvalue weighted by Crippen LogP contribution is 2.27. The van der Waals surface area contributed by atoms with E-state index < -0.39 is 17.3 Å². The number of rotatable bonds is 7. The van der Waals surface area contributed by atoms with Crippen LogP contribution in [-0.4, -0.2) is 30.2 Å². The topological polar surface area (TPSA) is 119 Å². The minimum atomic E-state index is -1.10. The van der Waals surface area contributed by atoms with Gasteiger partial charge in [-0.25, -0.2) is 19.1 Å². The van der Waals surface area contributed by atoms with E-state index in [9.17, 15) is 14.4 Å². The van der Waals surface area contributed by atoms with Crippen LogP contribution in [0.4, 0.5) is 11.1 Å². The van der Waals surface area contributed by atoms with Gasteiger partial charge in [0.15, 0.2) is 5.13 Å². The van der Waals surface area contributed by atoms with Gasteiger partial charge in [0, 0.05) is 6.54 Å². The highest BCUT2D eigenvalue weighted by Gasteiger charge is 2.16. The van der Waals surface area contributed by atoms with Crippen LogP contribution >= 0.6 is 11.3 Å². The summed E-state index contributed by atoms with van der Waals surface area (Å²) in [6.45, 7) is 1.87. The molecule has 4 aromatic rings. The third-order valence-electron chi connectivity index (χ3n) is 4.67. The van der Waals surface area contributed by atoms with Gasteiger partial charge in [-0.3, -0.25) is 9.36 Å². The molecule has 0 saturated heterocycles. The molecule has 0 saturated carbocycles.